The van der Waals surface area contributed by atoms with E-state index in [1.807, 2.05) is 54.8 Å². The summed E-state index contributed by atoms with van der Waals surface area (Å²) in [6.45, 7) is 6.92. The zero-order chi connectivity index (χ0) is 26.5. The number of rotatable bonds is 9. The number of carbonyl (C=O) groups excluding carboxylic acids is 1. The molecule has 2 aromatic carbocycles. The number of benzene rings is 2. The lowest BCUT2D eigenvalue weighted by Gasteiger charge is -2.21. The van der Waals surface area contributed by atoms with Crippen molar-refractivity contribution < 1.29 is 4.79 Å². The third-order valence-electron chi connectivity index (χ3n) is 6.42. The van der Waals surface area contributed by atoms with E-state index in [0.717, 1.165) is 40.9 Å². The van der Waals surface area contributed by atoms with E-state index in [1.54, 1.807) is 10.6 Å². The lowest BCUT2D eigenvalue weighted by molar-refractivity contribution is 0.0952. The van der Waals surface area contributed by atoms with Gasteiger partial charge in [0.2, 0.25) is 0 Å². The van der Waals surface area contributed by atoms with Crippen molar-refractivity contribution in [2.24, 2.45) is 5.73 Å². The second-order valence-corrected chi connectivity index (χ2v) is 10.1. The van der Waals surface area contributed by atoms with Crippen LogP contribution >= 0.6 is 22.9 Å². The summed E-state index contributed by atoms with van der Waals surface area (Å²) in [6.07, 6.45) is 2.19. The molecule has 0 aliphatic rings. The van der Waals surface area contributed by atoms with Gasteiger partial charge in [-0.15, -0.1) is 11.3 Å². The second kappa shape index (κ2) is 11.9. The standard InChI is InChI=1S/C29H31ClN4O2S/c1-4-19-8-6-9-20(5-2)26(19)34-18(3)23(27(35)32-15-7-14-31)16-24(29(34)36)28-33-25(17-37-28)21-10-12-22(30)13-11-21/h6,8-13,16-17H,4-5,7,14-15,31H2,1-3H3,(H,32,35). The molecule has 3 N–H and O–H groups in total. The summed E-state index contributed by atoms with van der Waals surface area (Å²) < 4.78 is 1.70. The highest BCUT2D eigenvalue weighted by atomic mass is 35.5. The number of aryl methyl sites for hydroxylation is 2. The summed E-state index contributed by atoms with van der Waals surface area (Å²) in [5, 5.41) is 6.07. The highest BCUT2D eigenvalue weighted by Crippen LogP contribution is 2.30. The van der Waals surface area contributed by atoms with Gasteiger partial charge in [0.1, 0.15) is 5.01 Å². The predicted molar refractivity (Wildman–Crippen MR) is 153 cm³/mol. The molecule has 37 heavy (non-hydrogen) atoms. The molecule has 6 nitrogen and oxygen atoms in total. The topological polar surface area (TPSA) is 90.0 Å². The fraction of sp³-hybridized carbons (Fsp3) is 0.276. The summed E-state index contributed by atoms with van der Waals surface area (Å²) in [6, 6.07) is 15.2. The molecule has 2 aromatic heterocycles. The first kappa shape index (κ1) is 26.8. The molecule has 0 aliphatic carbocycles. The smallest absolute Gasteiger partial charge is 0.265 e. The van der Waals surface area contributed by atoms with Gasteiger partial charge in [-0.1, -0.05) is 55.8 Å². The zero-order valence-corrected chi connectivity index (χ0v) is 22.9. The van der Waals surface area contributed by atoms with Gasteiger partial charge >= 0.3 is 0 Å². The number of halogens is 1. The van der Waals surface area contributed by atoms with Crippen LogP contribution in [0.15, 0.2) is 58.7 Å². The second-order valence-electron chi connectivity index (χ2n) is 8.77. The highest BCUT2D eigenvalue weighted by molar-refractivity contribution is 7.13. The Morgan fingerprint density at radius 2 is 1.78 bits per heavy atom. The number of thiazole rings is 1. The van der Waals surface area contributed by atoms with Crippen LogP contribution in [-0.4, -0.2) is 28.5 Å². The van der Waals surface area contributed by atoms with Crippen LogP contribution in [0.25, 0.3) is 27.5 Å². The van der Waals surface area contributed by atoms with Gasteiger partial charge in [-0.05, 0) is 62.1 Å². The lowest BCUT2D eigenvalue weighted by atomic mass is 10.0. The Labute approximate surface area is 226 Å². The number of carbonyl (C=O) groups is 1. The molecule has 0 unspecified atom stereocenters. The molecule has 4 rings (SSSR count). The number of nitrogens with one attached hydrogen (secondary N) is 1. The minimum absolute atomic E-state index is 0.191. The third kappa shape index (κ3) is 5.54. The van der Waals surface area contributed by atoms with Gasteiger partial charge in [-0.25, -0.2) is 4.98 Å². The van der Waals surface area contributed by atoms with Gasteiger partial charge in [0.15, 0.2) is 0 Å². The molecule has 4 aromatic rings. The first-order chi connectivity index (χ1) is 17.9. The summed E-state index contributed by atoms with van der Waals surface area (Å²) in [4.78, 5) is 32.2. The molecule has 0 atom stereocenters. The average molecular weight is 535 g/mol. The molecule has 8 heteroatoms. The number of nitrogens with zero attached hydrogens (tertiary/aromatic N) is 2. The average Bonchev–Trinajstić information content (AvgIpc) is 3.39. The van der Waals surface area contributed by atoms with E-state index in [0.29, 0.717) is 46.4 Å². The maximum absolute atomic E-state index is 14.1. The van der Waals surface area contributed by atoms with Crippen molar-refractivity contribution >= 4 is 28.8 Å². The Hall–Kier alpha value is -3.26. The van der Waals surface area contributed by atoms with Gasteiger partial charge in [-0.3, -0.25) is 14.2 Å². The Kier molecular flexibility index (Phi) is 8.59. The Morgan fingerprint density at radius 1 is 1.11 bits per heavy atom. The SMILES string of the molecule is CCc1cccc(CC)c1-n1c(C)c(C(=O)NCCCN)cc(-c2nc(-c3ccc(Cl)cc3)cs2)c1=O. The van der Waals surface area contributed by atoms with Crippen LogP contribution in [0.3, 0.4) is 0 Å². The Balaban J connectivity index is 1.94. The van der Waals surface area contributed by atoms with E-state index >= 15 is 0 Å². The molecule has 1 amide bonds. The quantitative estimate of drug-likeness (QED) is 0.266. The fourth-order valence-electron chi connectivity index (χ4n) is 4.41. The molecule has 0 saturated heterocycles. The summed E-state index contributed by atoms with van der Waals surface area (Å²) in [5.74, 6) is -0.234. The van der Waals surface area contributed by atoms with Crippen molar-refractivity contribution in [3.63, 3.8) is 0 Å². The van der Waals surface area contributed by atoms with Gasteiger partial charge in [0.25, 0.3) is 11.5 Å². The van der Waals surface area contributed by atoms with Gasteiger partial charge in [0, 0.05) is 28.2 Å². The van der Waals surface area contributed by atoms with Crippen molar-refractivity contribution in [3.8, 4) is 27.5 Å². The summed E-state index contributed by atoms with van der Waals surface area (Å²) in [7, 11) is 0. The van der Waals surface area contributed by atoms with Crippen LogP contribution < -0.4 is 16.6 Å². The van der Waals surface area contributed by atoms with E-state index < -0.39 is 0 Å². The Bertz CT molecular complexity index is 1450. The number of nitrogens with two attached hydrogens (primary N) is 1. The van der Waals surface area contributed by atoms with Gasteiger partial charge in [-0.2, -0.15) is 0 Å². The summed E-state index contributed by atoms with van der Waals surface area (Å²) in [5.41, 5.74) is 11.5. The number of hydrogen-bond donors (Lipinski definition) is 2. The van der Waals surface area contributed by atoms with Crippen LogP contribution in [0.5, 0.6) is 0 Å². The van der Waals surface area contributed by atoms with Crippen LogP contribution in [-0.2, 0) is 12.8 Å². The van der Waals surface area contributed by atoms with Crippen LogP contribution in [0.1, 0.15) is 47.4 Å². The zero-order valence-electron chi connectivity index (χ0n) is 21.3. The third-order valence-corrected chi connectivity index (χ3v) is 7.55. The largest absolute Gasteiger partial charge is 0.352 e. The van der Waals surface area contributed by atoms with E-state index in [2.05, 4.69) is 19.2 Å². The molecule has 2 heterocycles. The molecule has 0 spiro atoms. The first-order valence-corrected chi connectivity index (χ1v) is 13.7. The lowest BCUT2D eigenvalue weighted by Crippen LogP contribution is -2.31. The number of aromatic nitrogens is 2. The minimum Gasteiger partial charge on any atom is -0.352 e. The number of para-hydroxylation sites is 1. The van der Waals surface area contributed by atoms with Crippen LogP contribution in [0.2, 0.25) is 5.02 Å². The fourth-order valence-corrected chi connectivity index (χ4v) is 5.37. The molecule has 0 bridgehead atoms. The molecular formula is C29H31ClN4O2S. The van der Waals surface area contributed by atoms with E-state index in [4.69, 9.17) is 22.3 Å². The molecule has 0 aliphatic heterocycles. The van der Waals surface area contributed by atoms with Crippen molar-refractivity contribution in [1.29, 1.82) is 0 Å². The van der Waals surface area contributed by atoms with Crippen LogP contribution in [0, 0.1) is 6.92 Å². The first-order valence-electron chi connectivity index (χ1n) is 12.5. The summed E-state index contributed by atoms with van der Waals surface area (Å²) >= 11 is 7.43. The van der Waals surface area contributed by atoms with E-state index in [9.17, 15) is 9.59 Å². The van der Waals surface area contributed by atoms with Crippen LogP contribution in [0.4, 0.5) is 0 Å². The minimum atomic E-state index is -0.234. The predicted octanol–water partition coefficient (Wildman–Crippen LogP) is 5.79. The van der Waals surface area contributed by atoms with Gasteiger partial charge < -0.3 is 11.1 Å². The number of amides is 1. The maximum atomic E-state index is 14.1. The molecule has 192 valence electrons. The van der Waals surface area contributed by atoms with Gasteiger partial charge in [0.05, 0.1) is 22.5 Å². The normalized spacial score (nSPS) is 11.1. The van der Waals surface area contributed by atoms with Crippen molar-refractivity contribution in [1.82, 2.24) is 14.9 Å². The van der Waals surface area contributed by atoms with E-state index in [-0.39, 0.29) is 11.5 Å². The number of pyridine rings is 1. The van der Waals surface area contributed by atoms with E-state index in [1.165, 1.54) is 11.3 Å². The molecular weight excluding hydrogens is 504 g/mol. The molecule has 0 radical (unpaired) electrons. The van der Waals surface area contributed by atoms with Crippen molar-refractivity contribution in [3.05, 3.63) is 91.7 Å². The molecule has 0 fully saturated rings. The van der Waals surface area contributed by atoms with Crippen molar-refractivity contribution in [2.75, 3.05) is 13.1 Å². The monoisotopic (exact) mass is 534 g/mol. The Morgan fingerprint density at radius 3 is 2.41 bits per heavy atom. The maximum Gasteiger partial charge on any atom is 0.265 e. The highest BCUT2D eigenvalue weighted by Gasteiger charge is 2.23. The molecule has 0 saturated carbocycles. The number of hydrogen-bond acceptors (Lipinski definition) is 5. The van der Waals surface area contributed by atoms with Crippen molar-refractivity contribution in [2.45, 2.75) is 40.0 Å².